The Morgan fingerprint density at radius 2 is 2.14 bits per heavy atom. The van der Waals surface area contributed by atoms with Crippen LogP contribution in [0.5, 0.6) is 0 Å². The van der Waals surface area contributed by atoms with Crippen LogP contribution in [0.4, 0.5) is 0 Å². The normalized spacial score (nSPS) is 10.4. The highest BCUT2D eigenvalue weighted by atomic mass is 79.9. The Kier molecular flexibility index (Phi) is 2.93. The number of aryl methyl sites for hydroxylation is 1. The van der Waals surface area contributed by atoms with Gasteiger partial charge in [-0.15, -0.1) is 11.3 Å². The number of aromatic nitrogens is 1. The van der Waals surface area contributed by atoms with Gasteiger partial charge in [0, 0.05) is 26.6 Å². The second-order valence-electron chi connectivity index (χ2n) is 3.04. The number of nitrogens with zero attached hydrogens (tertiary/aromatic N) is 1. The van der Waals surface area contributed by atoms with Crippen LogP contribution >= 0.6 is 27.3 Å². The molecule has 1 N–H and O–H groups in total. The molecule has 0 unspecified atom stereocenters. The molecular weight excluding hydrogens is 260 g/mol. The minimum absolute atomic E-state index is 0.867. The van der Waals surface area contributed by atoms with Gasteiger partial charge in [-0.25, -0.2) is 0 Å². The molecule has 14 heavy (non-hydrogen) atoms. The van der Waals surface area contributed by atoms with E-state index in [1.165, 1.54) is 14.2 Å². The number of nitrogens with one attached hydrogen (secondary N) is 1. The molecule has 0 aliphatic heterocycles. The van der Waals surface area contributed by atoms with E-state index >= 15 is 0 Å². The SMILES string of the molecule is Cc1sc(CNn2cccc2)cc1Br. The van der Waals surface area contributed by atoms with Gasteiger partial charge in [0.2, 0.25) is 0 Å². The third-order valence-electron chi connectivity index (χ3n) is 1.95. The van der Waals surface area contributed by atoms with Crippen LogP contribution in [0.2, 0.25) is 0 Å². The van der Waals surface area contributed by atoms with Crippen molar-refractivity contribution in [3.05, 3.63) is 44.8 Å². The molecule has 0 aliphatic carbocycles. The minimum Gasteiger partial charge on any atom is -0.321 e. The molecule has 0 atom stereocenters. The summed E-state index contributed by atoms with van der Waals surface area (Å²) in [6, 6.07) is 6.17. The first-order valence-corrected chi connectivity index (χ1v) is 5.98. The van der Waals surface area contributed by atoms with Crippen LogP contribution in [0, 0.1) is 6.92 Å². The lowest BCUT2D eigenvalue weighted by Gasteiger charge is -2.04. The highest BCUT2D eigenvalue weighted by Gasteiger charge is 2.01. The van der Waals surface area contributed by atoms with Crippen molar-refractivity contribution in [2.45, 2.75) is 13.5 Å². The third-order valence-corrected chi connectivity index (χ3v) is 4.09. The Morgan fingerprint density at radius 1 is 1.43 bits per heavy atom. The monoisotopic (exact) mass is 270 g/mol. The van der Waals surface area contributed by atoms with Gasteiger partial charge >= 0.3 is 0 Å². The summed E-state index contributed by atoms with van der Waals surface area (Å²) in [6.45, 7) is 2.99. The molecule has 0 bridgehead atoms. The average Bonchev–Trinajstić information content (AvgIpc) is 2.74. The molecule has 0 saturated heterocycles. The van der Waals surface area contributed by atoms with E-state index in [2.05, 4.69) is 34.3 Å². The van der Waals surface area contributed by atoms with Gasteiger partial charge in [0.15, 0.2) is 0 Å². The molecule has 0 amide bonds. The number of hydrogen-bond acceptors (Lipinski definition) is 2. The van der Waals surface area contributed by atoms with E-state index in [4.69, 9.17) is 0 Å². The van der Waals surface area contributed by atoms with Crippen molar-refractivity contribution in [3.8, 4) is 0 Å². The smallest absolute Gasteiger partial charge is 0.0657 e. The topological polar surface area (TPSA) is 17.0 Å². The fourth-order valence-corrected chi connectivity index (χ4v) is 2.75. The van der Waals surface area contributed by atoms with Crippen molar-refractivity contribution in [3.63, 3.8) is 0 Å². The maximum atomic E-state index is 3.51. The van der Waals surface area contributed by atoms with E-state index in [1.54, 1.807) is 0 Å². The van der Waals surface area contributed by atoms with E-state index in [1.807, 2.05) is 40.5 Å². The molecule has 4 heteroatoms. The van der Waals surface area contributed by atoms with Crippen molar-refractivity contribution < 1.29 is 0 Å². The molecular formula is C10H11BrN2S. The molecule has 0 aromatic carbocycles. The van der Waals surface area contributed by atoms with E-state index in [0.717, 1.165) is 6.54 Å². The van der Waals surface area contributed by atoms with Gasteiger partial charge in [0.1, 0.15) is 0 Å². The van der Waals surface area contributed by atoms with Gasteiger partial charge in [-0.2, -0.15) is 0 Å². The Bertz CT molecular complexity index is 386. The third kappa shape index (κ3) is 2.19. The molecule has 2 rings (SSSR count). The van der Waals surface area contributed by atoms with Crippen molar-refractivity contribution in [1.82, 2.24) is 4.68 Å². The van der Waals surface area contributed by atoms with Gasteiger partial charge in [-0.3, -0.25) is 4.68 Å². The fraction of sp³-hybridized carbons (Fsp3) is 0.200. The predicted molar refractivity (Wildman–Crippen MR) is 64.3 cm³/mol. The van der Waals surface area contributed by atoms with E-state index in [-0.39, 0.29) is 0 Å². The first-order valence-electron chi connectivity index (χ1n) is 4.37. The maximum absolute atomic E-state index is 3.51. The molecule has 0 saturated carbocycles. The highest BCUT2D eigenvalue weighted by molar-refractivity contribution is 9.10. The van der Waals surface area contributed by atoms with Crippen molar-refractivity contribution in [2.75, 3.05) is 5.43 Å². The van der Waals surface area contributed by atoms with Gasteiger partial charge in [-0.1, -0.05) is 0 Å². The van der Waals surface area contributed by atoms with Crippen LogP contribution in [0.25, 0.3) is 0 Å². The molecule has 0 fully saturated rings. The van der Waals surface area contributed by atoms with Crippen molar-refractivity contribution in [1.29, 1.82) is 0 Å². The van der Waals surface area contributed by atoms with Gasteiger partial charge in [-0.05, 0) is 41.1 Å². The Hall–Kier alpha value is -0.740. The van der Waals surface area contributed by atoms with Crippen LogP contribution in [-0.4, -0.2) is 4.68 Å². The quantitative estimate of drug-likeness (QED) is 0.905. The van der Waals surface area contributed by atoms with Crippen molar-refractivity contribution in [2.24, 2.45) is 0 Å². The molecule has 2 aromatic rings. The summed E-state index contributed by atoms with van der Waals surface area (Å²) in [6.07, 6.45) is 3.99. The Labute approximate surface area is 95.7 Å². The van der Waals surface area contributed by atoms with E-state index < -0.39 is 0 Å². The summed E-state index contributed by atoms with van der Waals surface area (Å²) in [7, 11) is 0. The summed E-state index contributed by atoms with van der Waals surface area (Å²) in [5.41, 5.74) is 3.29. The summed E-state index contributed by atoms with van der Waals surface area (Å²) < 4.78 is 3.16. The summed E-state index contributed by atoms with van der Waals surface area (Å²) >= 11 is 5.32. The van der Waals surface area contributed by atoms with E-state index in [0.29, 0.717) is 0 Å². The second-order valence-corrected chi connectivity index (χ2v) is 5.24. The summed E-state index contributed by atoms with van der Waals surface area (Å²) in [4.78, 5) is 2.66. The first-order chi connectivity index (χ1) is 6.75. The zero-order valence-electron chi connectivity index (χ0n) is 7.83. The lowest BCUT2D eigenvalue weighted by Crippen LogP contribution is -2.10. The number of rotatable bonds is 3. The van der Waals surface area contributed by atoms with Gasteiger partial charge in [0.25, 0.3) is 0 Å². The molecule has 74 valence electrons. The molecule has 0 spiro atoms. The lowest BCUT2D eigenvalue weighted by molar-refractivity contribution is 0.855. The van der Waals surface area contributed by atoms with E-state index in [9.17, 15) is 0 Å². The largest absolute Gasteiger partial charge is 0.321 e. The zero-order chi connectivity index (χ0) is 9.97. The van der Waals surface area contributed by atoms with Gasteiger partial charge in [0.05, 0.1) is 6.54 Å². The Balaban J connectivity index is 1.98. The second kappa shape index (κ2) is 4.19. The van der Waals surface area contributed by atoms with Crippen LogP contribution in [0.15, 0.2) is 35.1 Å². The standard InChI is InChI=1S/C10H11BrN2S/c1-8-10(11)6-9(14-8)7-12-13-4-2-3-5-13/h2-6,12H,7H2,1H3. The number of hydrogen-bond donors (Lipinski definition) is 1. The predicted octanol–water partition coefficient (Wildman–Crippen LogP) is 3.36. The number of halogens is 1. The molecule has 2 nitrogen and oxygen atoms in total. The van der Waals surface area contributed by atoms with Gasteiger partial charge < -0.3 is 5.43 Å². The minimum atomic E-state index is 0.867. The lowest BCUT2D eigenvalue weighted by atomic mass is 10.4. The van der Waals surface area contributed by atoms with Crippen molar-refractivity contribution >= 4 is 27.3 Å². The van der Waals surface area contributed by atoms with Crippen LogP contribution in [-0.2, 0) is 6.54 Å². The molecule has 2 aromatic heterocycles. The highest BCUT2D eigenvalue weighted by Crippen LogP contribution is 2.26. The molecule has 0 radical (unpaired) electrons. The maximum Gasteiger partial charge on any atom is 0.0657 e. The molecule has 0 aliphatic rings. The number of thiophene rings is 1. The summed E-state index contributed by atoms with van der Waals surface area (Å²) in [5, 5.41) is 0. The van der Waals surface area contributed by atoms with Crippen LogP contribution in [0.3, 0.4) is 0 Å². The molecule has 2 heterocycles. The van der Waals surface area contributed by atoms with Crippen LogP contribution in [0.1, 0.15) is 9.75 Å². The zero-order valence-corrected chi connectivity index (χ0v) is 10.2. The fourth-order valence-electron chi connectivity index (χ4n) is 1.21. The average molecular weight is 271 g/mol. The van der Waals surface area contributed by atoms with Crippen LogP contribution < -0.4 is 5.43 Å². The summed E-state index contributed by atoms with van der Waals surface area (Å²) in [5.74, 6) is 0. The Morgan fingerprint density at radius 3 is 2.71 bits per heavy atom. The first kappa shape index (κ1) is 9.80.